The van der Waals surface area contributed by atoms with Gasteiger partial charge < -0.3 is 14.8 Å². The molecule has 1 atom stereocenters. The minimum absolute atomic E-state index is 0.269. The van der Waals surface area contributed by atoms with E-state index in [0.717, 1.165) is 0 Å². The van der Waals surface area contributed by atoms with Gasteiger partial charge in [0, 0.05) is 11.2 Å². The number of rotatable bonds is 5. The number of hydrogen-bond acceptors (Lipinski definition) is 5. The molecule has 24 heavy (non-hydrogen) atoms. The van der Waals surface area contributed by atoms with E-state index in [1.807, 2.05) is 20.8 Å². The van der Waals surface area contributed by atoms with E-state index in [4.69, 9.17) is 9.47 Å². The molecule has 0 unspecified atom stereocenters. The molecule has 0 aliphatic carbocycles. The SMILES string of the molecule is CCOC(=O)Nc1ccc(C(=O)O[C@@H](C)C(=O)NC(C)(C)C)cc1. The fourth-order valence-corrected chi connectivity index (χ4v) is 1.73. The molecule has 0 radical (unpaired) electrons. The minimum atomic E-state index is -0.908. The molecule has 1 aromatic carbocycles. The normalized spacial score (nSPS) is 12.0. The van der Waals surface area contributed by atoms with Crippen LogP contribution >= 0.6 is 0 Å². The number of carbonyl (C=O) groups is 3. The van der Waals surface area contributed by atoms with Crippen molar-refractivity contribution in [3.63, 3.8) is 0 Å². The maximum atomic E-state index is 12.0. The molecule has 0 aliphatic rings. The van der Waals surface area contributed by atoms with Crippen molar-refractivity contribution in [1.82, 2.24) is 5.32 Å². The largest absolute Gasteiger partial charge is 0.450 e. The predicted octanol–water partition coefficient (Wildman–Crippen LogP) is 2.72. The minimum Gasteiger partial charge on any atom is -0.450 e. The maximum absolute atomic E-state index is 12.0. The lowest BCUT2D eigenvalue weighted by molar-refractivity contribution is -0.130. The van der Waals surface area contributed by atoms with E-state index in [0.29, 0.717) is 5.69 Å². The topological polar surface area (TPSA) is 93.7 Å². The number of esters is 1. The summed E-state index contributed by atoms with van der Waals surface area (Å²) < 4.78 is 9.90. The van der Waals surface area contributed by atoms with Crippen molar-refractivity contribution in [2.75, 3.05) is 11.9 Å². The molecular formula is C17H24N2O5. The highest BCUT2D eigenvalue weighted by molar-refractivity contribution is 5.93. The third-order valence-corrected chi connectivity index (χ3v) is 2.79. The number of ether oxygens (including phenoxy) is 2. The molecule has 0 heterocycles. The fraction of sp³-hybridized carbons (Fsp3) is 0.471. The van der Waals surface area contributed by atoms with Gasteiger partial charge in [0.1, 0.15) is 0 Å². The van der Waals surface area contributed by atoms with Crippen molar-refractivity contribution >= 4 is 23.7 Å². The summed E-state index contributed by atoms with van der Waals surface area (Å²) in [4.78, 5) is 35.3. The molecule has 0 saturated heterocycles. The first-order chi connectivity index (χ1) is 11.1. The Balaban J connectivity index is 2.62. The molecule has 0 fully saturated rings. The highest BCUT2D eigenvalue weighted by Gasteiger charge is 2.22. The third-order valence-electron chi connectivity index (χ3n) is 2.79. The zero-order chi connectivity index (χ0) is 18.3. The highest BCUT2D eigenvalue weighted by atomic mass is 16.6. The monoisotopic (exact) mass is 336 g/mol. The Morgan fingerprint density at radius 1 is 1.12 bits per heavy atom. The smallest absolute Gasteiger partial charge is 0.411 e. The fourth-order valence-electron chi connectivity index (χ4n) is 1.73. The van der Waals surface area contributed by atoms with E-state index in [-0.39, 0.29) is 18.1 Å². The van der Waals surface area contributed by atoms with Crippen LogP contribution in [0.4, 0.5) is 10.5 Å². The molecule has 132 valence electrons. The van der Waals surface area contributed by atoms with Crippen LogP contribution in [-0.4, -0.2) is 36.2 Å². The quantitative estimate of drug-likeness (QED) is 0.806. The number of nitrogens with one attached hydrogen (secondary N) is 2. The van der Waals surface area contributed by atoms with Crippen LogP contribution in [0, 0.1) is 0 Å². The molecule has 0 saturated carbocycles. The van der Waals surface area contributed by atoms with E-state index in [9.17, 15) is 14.4 Å². The van der Waals surface area contributed by atoms with Crippen molar-refractivity contribution in [3.05, 3.63) is 29.8 Å². The van der Waals surface area contributed by atoms with Crippen LogP contribution in [-0.2, 0) is 14.3 Å². The lowest BCUT2D eigenvalue weighted by Crippen LogP contribution is -2.46. The first-order valence-electron chi connectivity index (χ1n) is 7.69. The van der Waals surface area contributed by atoms with Gasteiger partial charge in [0.25, 0.3) is 5.91 Å². The molecule has 2 N–H and O–H groups in total. The number of hydrogen-bond donors (Lipinski definition) is 2. The Kier molecular flexibility index (Phi) is 6.76. The van der Waals surface area contributed by atoms with Crippen LogP contribution in [0.15, 0.2) is 24.3 Å². The summed E-state index contributed by atoms with van der Waals surface area (Å²) in [5, 5.41) is 5.26. The summed E-state index contributed by atoms with van der Waals surface area (Å²) in [7, 11) is 0. The second-order valence-corrected chi connectivity index (χ2v) is 6.21. The van der Waals surface area contributed by atoms with Gasteiger partial charge in [-0.2, -0.15) is 0 Å². The van der Waals surface area contributed by atoms with Gasteiger partial charge in [0.2, 0.25) is 0 Å². The van der Waals surface area contributed by atoms with Crippen molar-refractivity contribution in [2.45, 2.75) is 46.3 Å². The van der Waals surface area contributed by atoms with Gasteiger partial charge in [-0.1, -0.05) is 0 Å². The average Bonchev–Trinajstić information content (AvgIpc) is 2.46. The van der Waals surface area contributed by atoms with Crippen molar-refractivity contribution < 1.29 is 23.9 Å². The summed E-state index contributed by atoms with van der Waals surface area (Å²) in [6.45, 7) is 9.01. The Labute approximate surface area is 141 Å². The van der Waals surface area contributed by atoms with Gasteiger partial charge in [0.15, 0.2) is 6.10 Å². The second kappa shape index (κ2) is 8.33. The van der Waals surface area contributed by atoms with Crippen molar-refractivity contribution in [3.8, 4) is 0 Å². The van der Waals surface area contributed by atoms with Crippen LogP contribution in [0.1, 0.15) is 45.0 Å². The summed E-state index contributed by atoms with van der Waals surface area (Å²) in [6, 6.07) is 6.09. The molecule has 7 heteroatoms. The molecule has 1 aromatic rings. The van der Waals surface area contributed by atoms with Crippen LogP contribution in [0.5, 0.6) is 0 Å². The van der Waals surface area contributed by atoms with Crippen LogP contribution in [0.2, 0.25) is 0 Å². The van der Waals surface area contributed by atoms with Gasteiger partial charge in [-0.05, 0) is 58.9 Å². The lowest BCUT2D eigenvalue weighted by Gasteiger charge is -2.23. The van der Waals surface area contributed by atoms with Crippen LogP contribution in [0.25, 0.3) is 0 Å². The van der Waals surface area contributed by atoms with Crippen molar-refractivity contribution in [2.24, 2.45) is 0 Å². The molecule has 1 rings (SSSR count). The molecular weight excluding hydrogens is 312 g/mol. The number of benzene rings is 1. The van der Waals surface area contributed by atoms with Gasteiger partial charge in [-0.15, -0.1) is 0 Å². The zero-order valence-electron chi connectivity index (χ0n) is 14.6. The molecule has 7 nitrogen and oxygen atoms in total. The molecule has 0 spiro atoms. The number of amides is 2. The number of carbonyl (C=O) groups excluding carboxylic acids is 3. The van der Waals surface area contributed by atoms with E-state index < -0.39 is 23.7 Å². The van der Waals surface area contributed by atoms with Gasteiger partial charge in [-0.3, -0.25) is 10.1 Å². The zero-order valence-corrected chi connectivity index (χ0v) is 14.6. The average molecular weight is 336 g/mol. The maximum Gasteiger partial charge on any atom is 0.411 e. The Morgan fingerprint density at radius 2 is 1.71 bits per heavy atom. The predicted molar refractivity (Wildman–Crippen MR) is 89.9 cm³/mol. The van der Waals surface area contributed by atoms with Gasteiger partial charge in [-0.25, -0.2) is 9.59 Å². The molecule has 0 aliphatic heterocycles. The number of anilines is 1. The molecule has 0 aromatic heterocycles. The summed E-state index contributed by atoms with van der Waals surface area (Å²) in [5.74, 6) is -0.981. The van der Waals surface area contributed by atoms with Gasteiger partial charge in [0.05, 0.1) is 12.2 Å². The first-order valence-corrected chi connectivity index (χ1v) is 7.69. The van der Waals surface area contributed by atoms with E-state index >= 15 is 0 Å². The Hall–Kier alpha value is -2.57. The third kappa shape index (κ3) is 6.68. The van der Waals surface area contributed by atoms with Crippen LogP contribution in [0.3, 0.4) is 0 Å². The highest BCUT2D eigenvalue weighted by Crippen LogP contribution is 2.12. The van der Waals surface area contributed by atoms with Gasteiger partial charge >= 0.3 is 12.1 Å². The lowest BCUT2D eigenvalue weighted by atomic mass is 10.1. The second-order valence-electron chi connectivity index (χ2n) is 6.21. The summed E-state index contributed by atoms with van der Waals surface area (Å²) in [5.41, 5.74) is 0.362. The Bertz CT molecular complexity index is 590. The first kappa shape index (κ1) is 19.5. The van der Waals surface area contributed by atoms with E-state index in [1.54, 1.807) is 19.1 Å². The van der Waals surface area contributed by atoms with E-state index in [2.05, 4.69) is 10.6 Å². The molecule has 2 amide bonds. The Morgan fingerprint density at radius 3 is 2.21 bits per heavy atom. The van der Waals surface area contributed by atoms with Crippen molar-refractivity contribution in [1.29, 1.82) is 0 Å². The van der Waals surface area contributed by atoms with E-state index in [1.165, 1.54) is 19.1 Å². The summed E-state index contributed by atoms with van der Waals surface area (Å²) in [6.07, 6.45) is -1.48. The van der Waals surface area contributed by atoms with Crippen LogP contribution < -0.4 is 10.6 Å². The molecule has 0 bridgehead atoms. The summed E-state index contributed by atoms with van der Waals surface area (Å²) >= 11 is 0. The standard InChI is InChI=1S/C17H24N2O5/c1-6-23-16(22)18-13-9-7-12(8-10-13)15(21)24-11(2)14(20)19-17(3,4)5/h7-11H,6H2,1-5H3,(H,18,22)(H,19,20)/t11-/m0/s1.